The molecule has 158 valence electrons. The van der Waals surface area contributed by atoms with Gasteiger partial charge in [0, 0.05) is 12.1 Å². The molecule has 2 atom stereocenters. The Hall–Kier alpha value is -2.85. The van der Waals surface area contributed by atoms with Crippen molar-refractivity contribution in [2.75, 3.05) is 18.1 Å². The van der Waals surface area contributed by atoms with Gasteiger partial charge in [-0.05, 0) is 55.2 Å². The SMILES string of the molecule is CC[C@@H](C)N(C(=O)COc1ccc(-c2ccc(C#N)cc2)cc1)[C@H]1CCS(=O)(=O)C1. The van der Waals surface area contributed by atoms with Crippen LogP contribution in [0, 0.1) is 11.3 Å². The average molecular weight is 427 g/mol. The summed E-state index contributed by atoms with van der Waals surface area (Å²) >= 11 is 0. The number of nitrogens with zero attached hydrogens (tertiary/aromatic N) is 2. The Labute approximate surface area is 178 Å². The van der Waals surface area contributed by atoms with Gasteiger partial charge < -0.3 is 9.64 Å². The molecule has 0 N–H and O–H groups in total. The second-order valence-corrected chi connectivity index (χ2v) is 9.85. The fourth-order valence-corrected chi connectivity index (χ4v) is 5.41. The van der Waals surface area contributed by atoms with E-state index >= 15 is 0 Å². The highest BCUT2D eigenvalue weighted by Crippen LogP contribution is 2.24. The van der Waals surface area contributed by atoms with Crippen molar-refractivity contribution >= 4 is 15.7 Å². The summed E-state index contributed by atoms with van der Waals surface area (Å²) in [5.74, 6) is 0.546. The summed E-state index contributed by atoms with van der Waals surface area (Å²) in [4.78, 5) is 14.5. The molecule has 1 saturated heterocycles. The van der Waals surface area contributed by atoms with Crippen molar-refractivity contribution in [3.05, 3.63) is 54.1 Å². The minimum absolute atomic E-state index is 0.0301. The van der Waals surface area contributed by atoms with Crippen molar-refractivity contribution in [1.82, 2.24) is 4.90 Å². The predicted octanol–water partition coefficient (Wildman–Crippen LogP) is 3.42. The molecule has 2 aromatic rings. The van der Waals surface area contributed by atoms with Gasteiger partial charge in [0.2, 0.25) is 0 Å². The third kappa shape index (κ3) is 5.19. The fourth-order valence-electron chi connectivity index (χ4n) is 3.70. The molecule has 0 radical (unpaired) electrons. The van der Waals surface area contributed by atoms with Crippen LogP contribution in [0.25, 0.3) is 11.1 Å². The molecular weight excluding hydrogens is 400 g/mol. The summed E-state index contributed by atoms with van der Waals surface area (Å²) in [5, 5.41) is 8.90. The number of benzene rings is 2. The van der Waals surface area contributed by atoms with Crippen LogP contribution in [-0.2, 0) is 14.6 Å². The lowest BCUT2D eigenvalue weighted by Gasteiger charge is -2.33. The van der Waals surface area contributed by atoms with Crippen LogP contribution in [0.1, 0.15) is 32.3 Å². The first-order chi connectivity index (χ1) is 14.3. The molecule has 0 aliphatic carbocycles. The lowest BCUT2D eigenvalue weighted by molar-refractivity contribution is -0.137. The van der Waals surface area contributed by atoms with E-state index in [0.29, 0.717) is 17.7 Å². The van der Waals surface area contributed by atoms with Gasteiger partial charge >= 0.3 is 0 Å². The van der Waals surface area contributed by atoms with E-state index in [-0.39, 0.29) is 36.1 Å². The first-order valence-corrected chi connectivity index (χ1v) is 11.9. The maximum atomic E-state index is 12.8. The van der Waals surface area contributed by atoms with Gasteiger partial charge in [-0.3, -0.25) is 4.79 Å². The molecule has 1 aliphatic heterocycles. The van der Waals surface area contributed by atoms with E-state index in [1.165, 1.54) is 0 Å². The van der Waals surface area contributed by atoms with E-state index in [1.54, 1.807) is 29.2 Å². The molecule has 0 bridgehead atoms. The normalized spacial score (nSPS) is 18.4. The molecule has 3 rings (SSSR count). The summed E-state index contributed by atoms with van der Waals surface area (Å²) in [7, 11) is -3.07. The summed E-state index contributed by atoms with van der Waals surface area (Å²) in [6, 6.07) is 16.5. The smallest absolute Gasteiger partial charge is 0.261 e. The van der Waals surface area contributed by atoms with E-state index in [1.807, 2.05) is 38.1 Å². The van der Waals surface area contributed by atoms with Crippen LogP contribution in [0.3, 0.4) is 0 Å². The minimum atomic E-state index is -3.07. The molecular formula is C23H26N2O4S. The van der Waals surface area contributed by atoms with Crippen LogP contribution < -0.4 is 4.74 Å². The van der Waals surface area contributed by atoms with E-state index in [9.17, 15) is 13.2 Å². The highest BCUT2D eigenvalue weighted by Gasteiger charge is 2.36. The molecule has 0 saturated carbocycles. The van der Waals surface area contributed by atoms with Crippen LogP contribution >= 0.6 is 0 Å². The monoisotopic (exact) mass is 426 g/mol. The number of hydrogen-bond acceptors (Lipinski definition) is 5. The van der Waals surface area contributed by atoms with E-state index in [2.05, 4.69) is 6.07 Å². The standard InChI is InChI=1S/C23H26N2O4S/c1-3-17(2)25(21-12-13-30(27,28)16-21)23(26)15-29-22-10-8-20(9-11-22)19-6-4-18(14-24)5-7-19/h4-11,17,21H,3,12-13,15-16H2,1-2H3/t17-,21+/m1/s1. The highest BCUT2D eigenvalue weighted by molar-refractivity contribution is 7.91. The number of rotatable bonds is 7. The van der Waals surface area contributed by atoms with Gasteiger partial charge in [-0.1, -0.05) is 31.2 Å². The number of carbonyl (C=O) groups is 1. The third-order valence-electron chi connectivity index (χ3n) is 5.52. The molecule has 1 heterocycles. The highest BCUT2D eigenvalue weighted by atomic mass is 32.2. The fraction of sp³-hybridized carbons (Fsp3) is 0.391. The summed E-state index contributed by atoms with van der Waals surface area (Å²) in [6.07, 6.45) is 1.24. The number of ether oxygens (including phenoxy) is 1. The lowest BCUT2D eigenvalue weighted by atomic mass is 10.0. The van der Waals surface area contributed by atoms with E-state index in [4.69, 9.17) is 10.00 Å². The van der Waals surface area contributed by atoms with Gasteiger partial charge in [0.1, 0.15) is 5.75 Å². The van der Waals surface area contributed by atoms with Crippen molar-refractivity contribution in [2.24, 2.45) is 0 Å². The molecule has 1 aliphatic rings. The van der Waals surface area contributed by atoms with Crippen molar-refractivity contribution in [2.45, 2.75) is 38.8 Å². The van der Waals surface area contributed by atoms with Crippen LogP contribution in [0.15, 0.2) is 48.5 Å². The lowest BCUT2D eigenvalue weighted by Crippen LogP contribution is -2.48. The Kier molecular flexibility index (Phi) is 6.78. The van der Waals surface area contributed by atoms with Gasteiger partial charge in [-0.25, -0.2) is 8.42 Å². The molecule has 0 unspecified atom stereocenters. The van der Waals surface area contributed by atoms with Gasteiger partial charge in [0.15, 0.2) is 16.4 Å². The average Bonchev–Trinajstić information content (AvgIpc) is 3.11. The Bertz CT molecular complexity index is 1020. The van der Waals surface area contributed by atoms with Crippen LogP contribution in [0.2, 0.25) is 0 Å². The number of sulfone groups is 1. The topological polar surface area (TPSA) is 87.5 Å². The van der Waals surface area contributed by atoms with Gasteiger partial charge in [-0.2, -0.15) is 5.26 Å². The molecule has 0 spiro atoms. The second-order valence-electron chi connectivity index (χ2n) is 7.62. The van der Waals surface area contributed by atoms with Crippen molar-refractivity contribution < 1.29 is 17.9 Å². The minimum Gasteiger partial charge on any atom is -0.484 e. The maximum Gasteiger partial charge on any atom is 0.261 e. The molecule has 1 fully saturated rings. The van der Waals surface area contributed by atoms with Crippen LogP contribution in [0.5, 0.6) is 5.75 Å². The first-order valence-electron chi connectivity index (χ1n) is 10.1. The zero-order valence-electron chi connectivity index (χ0n) is 17.2. The zero-order valence-corrected chi connectivity index (χ0v) is 18.1. The van der Waals surface area contributed by atoms with Crippen molar-refractivity contribution in [3.63, 3.8) is 0 Å². The van der Waals surface area contributed by atoms with E-state index in [0.717, 1.165) is 17.5 Å². The molecule has 2 aromatic carbocycles. The van der Waals surface area contributed by atoms with E-state index < -0.39 is 9.84 Å². The number of nitriles is 1. The first kappa shape index (κ1) is 21.8. The summed E-state index contributed by atoms with van der Waals surface area (Å²) in [6.45, 7) is 3.80. The van der Waals surface area contributed by atoms with Crippen LogP contribution in [0.4, 0.5) is 0 Å². The largest absolute Gasteiger partial charge is 0.484 e. The van der Waals surface area contributed by atoms with Crippen LogP contribution in [-0.4, -0.2) is 49.4 Å². The number of amides is 1. The molecule has 30 heavy (non-hydrogen) atoms. The van der Waals surface area contributed by atoms with Crippen molar-refractivity contribution in [1.29, 1.82) is 5.26 Å². The number of hydrogen-bond donors (Lipinski definition) is 0. The quantitative estimate of drug-likeness (QED) is 0.677. The Morgan fingerprint density at radius 2 is 1.77 bits per heavy atom. The number of carbonyl (C=O) groups excluding carboxylic acids is 1. The predicted molar refractivity (Wildman–Crippen MR) is 116 cm³/mol. The molecule has 1 amide bonds. The van der Waals surface area contributed by atoms with Gasteiger partial charge in [0.25, 0.3) is 5.91 Å². The molecule has 7 heteroatoms. The summed E-state index contributed by atoms with van der Waals surface area (Å²) < 4.78 is 29.4. The Morgan fingerprint density at radius 3 is 2.27 bits per heavy atom. The second kappa shape index (κ2) is 9.31. The third-order valence-corrected chi connectivity index (χ3v) is 7.27. The molecule has 6 nitrogen and oxygen atoms in total. The van der Waals surface area contributed by atoms with Gasteiger partial charge in [-0.15, -0.1) is 0 Å². The Balaban J connectivity index is 1.64. The van der Waals surface area contributed by atoms with Crippen molar-refractivity contribution in [3.8, 4) is 22.9 Å². The maximum absolute atomic E-state index is 12.8. The zero-order chi connectivity index (χ0) is 21.7. The molecule has 0 aromatic heterocycles. The Morgan fingerprint density at radius 1 is 1.17 bits per heavy atom. The summed E-state index contributed by atoms with van der Waals surface area (Å²) in [5.41, 5.74) is 2.58. The van der Waals surface area contributed by atoms with Gasteiger partial charge in [0.05, 0.1) is 23.1 Å².